The highest BCUT2D eigenvalue weighted by molar-refractivity contribution is 8.00. The van der Waals surface area contributed by atoms with E-state index in [9.17, 15) is 4.79 Å². The molecular weight excluding hydrogens is 442 g/mol. The average Bonchev–Trinajstić information content (AvgIpc) is 3.26. The molecule has 0 spiro atoms. The Morgan fingerprint density at radius 2 is 1.76 bits per heavy atom. The van der Waals surface area contributed by atoms with E-state index in [1.807, 2.05) is 60.0 Å². The number of nitrogens with one attached hydrogen (secondary N) is 1. The van der Waals surface area contributed by atoms with Gasteiger partial charge >= 0.3 is 0 Å². The van der Waals surface area contributed by atoms with Gasteiger partial charge < -0.3 is 5.32 Å². The molecule has 1 amide bonds. The lowest BCUT2D eigenvalue weighted by Crippen LogP contribution is -2.24. The monoisotopic (exact) mass is 471 g/mol. The van der Waals surface area contributed by atoms with Crippen LogP contribution in [0.15, 0.2) is 84.3 Å². The molecule has 2 atom stereocenters. The molecule has 1 N–H and O–H groups in total. The number of nitrogens with zero attached hydrogens (tertiary/aromatic N) is 4. The zero-order chi connectivity index (χ0) is 23.9. The van der Waals surface area contributed by atoms with Crippen LogP contribution in [0, 0.1) is 0 Å². The Balaban J connectivity index is 1.57. The number of hydrogen-bond acceptors (Lipinski definition) is 5. The summed E-state index contributed by atoms with van der Waals surface area (Å²) in [5.74, 6) is 1.04. The molecule has 2 heterocycles. The highest BCUT2D eigenvalue weighted by Crippen LogP contribution is 2.30. The molecule has 174 valence electrons. The summed E-state index contributed by atoms with van der Waals surface area (Å²) in [4.78, 5) is 17.4. The van der Waals surface area contributed by atoms with Crippen LogP contribution >= 0.6 is 11.8 Å². The van der Waals surface area contributed by atoms with Crippen LogP contribution in [0.4, 0.5) is 5.69 Å². The highest BCUT2D eigenvalue weighted by atomic mass is 32.2. The van der Waals surface area contributed by atoms with Crippen LogP contribution in [0.5, 0.6) is 0 Å². The number of amides is 1. The minimum atomic E-state index is -0.356. The third-order valence-corrected chi connectivity index (χ3v) is 6.91. The van der Waals surface area contributed by atoms with Gasteiger partial charge in [0, 0.05) is 23.6 Å². The van der Waals surface area contributed by atoms with Gasteiger partial charge in [-0.25, -0.2) is 0 Å². The lowest BCUT2D eigenvalue weighted by Gasteiger charge is -2.18. The Kier molecular flexibility index (Phi) is 7.75. The molecule has 7 heteroatoms. The van der Waals surface area contributed by atoms with E-state index in [4.69, 9.17) is 0 Å². The Hall–Kier alpha value is -3.45. The number of thioether (sulfide) groups is 1. The summed E-state index contributed by atoms with van der Waals surface area (Å²) >= 11 is 1.41. The summed E-state index contributed by atoms with van der Waals surface area (Å²) in [6.45, 7) is 6.83. The van der Waals surface area contributed by atoms with Crippen LogP contribution in [-0.2, 0) is 11.3 Å². The lowest BCUT2D eigenvalue weighted by atomic mass is 9.97. The van der Waals surface area contributed by atoms with Gasteiger partial charge in [0.1, 0.15) is 0 Å². The van der Waals surface area contributed by atoms with E-state index in [0.717, 1.165) is 34.6 Å². The maximum atomic E-state index is 13.1. The normalized spacial score (nSPS) is 12.8. The number of carbonyl (C=O) groups excluding carboxylic acids is 1. The molecule has 0 bridgehead atoms. The van der Waals surface area contributed by atoms with Crippen molar-refractivity contribution in [2.24, 2.45) is 0 Å². The van der Waals surface area contributed by atoms with E-state index in [1.54, 1.807) is 12.4 Å². The van der Waals surface area contributed by atoms with Crippen molar-refractivity contribution in [1.29, 1.82) is 0 Å². The number of aromatic nitrogens is 4. The largest absolute Gasteiger partial charge is 0.325 e. The first-order valence-electron chi connectivity index (χ1n) is 11.5. The minimum absolute atomic E-state index is 0.0575. The quantitative estimate of drug-likeness (QED) is 0.302. The molecule has 6 nitrogen and oxygen atoms in total. The molecule has 0 aliphatic carbocycles. The van der Waals surface area contributed by atoms with Crippen molar-refractivity contribution in [3.05, 3.63) is 90.3 Å². The standard InChI is InChI=1S/C27H29N5OS/c1-4-19(2)23-14-8-9-15-24(23)29-26(33)20(3)34-27-31-30-25(22-13-10-16-28-17-22)32(27)18-21-11-6-5-7-12-21/h5-17,19-20H,4,18H2,1-3H3,(H,29,33)/t19-,20+/m0/s1. The third kappa shape index (κ3) is 5.54. The fourth-order valence-corrected chi connectivity index (χ4v) is 4.55. The Morgan fingerprint density at radius 1 is 1.00 bits per heavy atom. The molecule has 0 aliphatic rings. The van der Waals surface area contributed by atoms with Gasteiger partial charge in [-0.15, -0.1) is 10.2 Å². The van der Waals surface area contributed by atoms with Crippen molar-refractivity contribution in [2.45, 2.75) is 50.1 Å². The van der Waals surface area contributed by atoms with Gasteiger partial charge in [-0.05, 0) is 48.6 Å². The van der Waals surface area contributed by atoms with E-state index in [2.05, 4.69) is 52.5 Å². The summed E-state index contributed by atoms with van der Waals surface area (Å²) in [5, 5.41) is 12.4. The van der Waals surface area contributed by atoms with Gasteiger partial charge in [-0.3, -0.25) is 14.3 Å². The second-order valence-electron chi connectivity index (χ2n) is 8.27. The number of pyridine rings is 1. The van der Waals surface area contributed by atoms with Crippen molar-refractivity contribution in [3.63, 3.8) is 0 Å². The maximum Gasteiger partial charge on any atom is 0.237 e. The topological polar surface area (TPSA) is 72.7 Å². The molecule has 0 aliphatic heterocycles. The van der Waals surface area contributed by atoms with Crippen LogP contribution in [-0.4, -0.2) is 30.9 Å². The maximum absolute atomic E-state index is 13.1. The first-order valence-corrected chi connectivity index (χ1v) is 12.4. The average molecular weight is 472 g/mol. The smallest absolute Gasteiger partial charge is 0.237 e. The summed E-state index contributed by atoms with van der Waals surface area (Å²) in [6, 6.07) is 22.0. The molecule has 0 saturated heterocycles. The van der Waals surface area contributed by atoms with Gasteiger partial charge in [-0.2, -0.15) is 0 Å². The first-order chi connectivity index (χ1) is 16.6. The van der Waals surface area contributed by atoms with Crippen LogP contribution in [0.1, 0.15) is 44.2 Å². The van der Waals surface area contributed by atoms with Crippen molar-refractivity contribution < 1.29 is 4.79 Å². The SMILES string of the molecule is CC[C@H](C)c1ccccc1NC(=O)[C@@H](C)Sc1nnc(-c2cccnc2)n1Cc1ccccc1. The van der Waals surface area contributed by atoms with E-state index >= 15 is 0 Å². The molecule has 0 unspecified atom stereocenters. The van der Waals surface area contributed by atoms with Crippen LogP contribution in [0.3, 0.4) is 0 Å². The Morgan fingerprint density at radius 3 is 2.50 bits per heavy atom. The predicted octanol–water partition coefficient (Wildman–Crippen LogP) is 6.02. The van der Waals surface area contributed by atoms with Gasteiger partial charge in [0.2, 0.25) is 5.91 Å². The van der Waals surface area contributed by atoms with Gasteiger partial charge in [-0.1, -0.05) is 74.1 Å². The van der Waals surface area contributed by atoms with Crippen molar-refractivity contribution in [3.8, 4) is 11.4 Å². The molecule has 0 radical (unpaired) electrons. The number of hydrogen-bond donors (Lipinski definition) is 1. The van der Waals surface area contributed by atoms with Gasteiger partial charge in [0.25, 0.3) is 0 Å². The molecule has 2 aromatic heterocycles. The number of para-hydroxylation sites is 1. The van der Waals surface area contributed by atoms with Crippen LogP contribution in [0.25, 0.3) is 11.4 Å². The summed E-state index contributed by atoms with van der Waals surface area (Å²) < 4.78 is 2.05. The number of anilines is 1. The van der Waals surface area contributed by atoms with Crippen molar-refractivity contribution in [2.75, 3.05) is 5.32 Å². The molecule has 34 heavy (non-hydrogen) atoms. The second kappa shape index (κ2) is 11.1. The summed E-state index contributed by atoms with van der Waals surface area (Å²) in [5.41, 5.74) is 4.05. The number of carbonyl (C=O) groups is 1. The molecular formula is C27H29N5OS. The van der Waals surface area contributed by atoms with E-state index in [1.165, 1.54) is 11.8 Å². The highest BCUT2D eigenvalue weighted by Gasteiger charge is 2.22. The molecule has 4 aromatic rings. The van der Waals surface area contributed by atoms with Gasteiger partial charge in [0.15, 0.2) is 11.0 Å². The number of rotatable bonds is 9. The van der Waals surface area contributed by atoms with E-state index < -0.39 is 0 Å². The first kappa shape index (κ1) is 23.7. The molecule has 0 fully saturated rings. The van der Waals surface area contributed by atoms with Crippen LogP contribution < -0.4 is 5.32 Å². The van der Waals surface area contributed by atoms with Gasteiger partial charge in [0.05, 0.1) is 11.8 Å². The van der Waals surface area contributed by atoms with Crippen molar-refractivity contribution >= 4 is 23.4 Å². The Bertz CT molecular complexity index is 1230. The molecule has 4 rings (SSSR count). The van der Waals surface area contributed by atoms with Crippen LogP contribution in [0.2, 0.25) is 0 Å². The summed E-state index contributed by atoms with van der Waals surface area (Å²) in [6.07, 6.45) is 4.53. The third-order valence-electron chi connectivity index (χ3n) is 5.83. The fourth-order valence-electron chi connectivity index (χ4n) is 3.70. The minimum Gasteiger partial charge on any atom is -0.325 e. The zero-order valence-corrected chi connectivity index (χ0v) is 20.5. The van der Waals surface area contributed by atoms with E-state index in [-0.39, 0.29) is 11.2 Å². The van der Waals surface area contributed by atoms with E-state index in [0.29, 0.717) is 17.6 Å². The molecule has 0 saturated carbocycles. The predicted molar refractivity (Wildman–Crippen MR) is 138 cm³/mol. The fraction of sp³-hybridized carbons (Fsp3) is 0.259. The Labute approximate surface area is 204 Å². The zero-order valence-electron chi connectivity index (χ0n) is 19.7. The lowest BCUT2D eigenvalue weighted by molar-refractivity contribution is -0.115. The number of benzene rings is 2. The molecule has 2 aromatic carbocycles. The second-order valence-corrected chi connectivity index (χ2v) is 9.57. The summed E-state index contributed by atoms with van der Waals surface area (Å²) in [7, 11) is 0. The van der Waals surface area contributed by atoms with Crippen molar-refractivity contribution in [1.82, 2.24) is 19.7 Å².